The van der Waals surface area contributed by atoms with Crippen LogP contribution in [0.2, 0.25) is 5.02 Å². The topological polar surface area (TPSA) is 108 Å². The molecule has 0 radical (unpaired) electrons. The molecule has 4 rings (SSSR count). The fraction of sp³-hybridized carbons (Fsp3) is 0.370. The van der Waals surface area contributed by atoms with Crippen molar-refractivity contribution in [2.24, 2.45) is 0 Å². The van der Waals surface area contributed by atoms with E-state index in [0.717, 1.165) is 52.5 Å². The van der Waals surface area contributed by atoms with Crippen LogP contribution in [-0.2, 0) is 24.3 Å². The number of carboxylic acid groups (broad SMARTS) is 1. The monoisotopic (exact) mass is 508 g/mol. The molecule has 1 aliphatic heterocycles. The van der Waals surface area contributed by atoms with Gasteiger partial charge in [0.25, 0.3) is 0 Å². The summed E-state index contributed by atoms with van der Waals surface area (Å²) in [6.07, 6.45) is 3.25. The zero-order chi connectivity index (χ0) is 25.7. The second-order valence-electron chi connectivity index (χ2n) is 8.76. The summed E-state index contributed by atoms with van der Waals surface area (Å²) in [5.74, 6) is 0.609. The van der Waals surface area contributed by atoms with Gasteiger partial charge in [-0.2, -0.15) is 5.26 Å². The van der Waals surface area contributed by atoms with Crippen LogP contribution >= 0.6 is 11.6 Å². The van der Waals surface area contributed by atoms with Crippen LogP contribution in [-0.4, -0.2) is 47.4 Å². The highest BCUT2D eigenvalue weighted by Gasteiger charge is 2.28. The van der Waals surface area contributed by atoms with Crippen LogP contribution in [0.3, 0.4) is 0 Å². The van der Waals surface area contributed by atoms with E-state index >= 15 is 0 Å². The minimum atomic E-state index is -0.912. The Bertz CT molecular complexity index is 1310. The Morgan fingerprint density at radius 1 is 1.33 bits per heavy atom. The Balaban J connectivity index is 1.63. The number of hydrogen-bond donors (Lipinski definition) is 2. The van der Waals surface area contributed by atoms with Crippen LogP contribution in [0, 0.1) is 11.3 Å². The lowest BCUT2D eigenvalue weighted by Gasteiger charge is -2.22. The first-order chi connectivity index (χ1) is 17.4. The predicted octanol–water partition coefficient (Wildman–Crippen LogP) is 5.60. The Labute approximate surface area is 215 Å². The van der Waals surface area contributed by atoms with Crippen molar-refractivity contribution >= 4 is 34.3 Å². The number of halogens is 1. The molecule has 0 bridgehead atoms. The molecule has 2 heterocycles. The second-order valence-corrected chi connectivity index (χ2v) is 9.17. The van der Waals surface area contributed by atoms with Crippen molar-refractivity contribution in [2.45, 2.75) is 45.4 Å². The molecular weight excluding hydrogens is 480 g/mol. The van der Waals surface area contributed by atoms with Gasteiger partial charge in [0.1, 0.15) is 5.75 Å². The van der Waals surface area contributed by atoms with E-state index in [1.807, 2.05) is 37.3 Å². The third kappa shape index (κ3) is 5.48. The molecule has 3 aromatic rings. The van der Waals surface area contributed by atoms with Gasteiger partial charge in [-0.25, -0.2) is 4.79 Å². The van der Waals surface area contributed by atoms with E-state index in [2.05, 4.69) is 11.4 Å². The van der Waals surface area contributed by atoms with Crippen LogP contribution in [0.4, 0.5) is 10.5 Å². The van der Waals surface area contributed by atoms with Gasteiger partial charge < -0.3 is 24.8 Å². The van der Waals surface area contributed by atoms with Crippen molar-refractivity contribution in [1.82, 2.24) is 9.88 Å². The highest BCUT2D eigenvalue weighted by molar-refractivity contribution is 6.32. The number of fused-ring (bicyclic) bond motifs is 1. The van der Waals surface area contributed by atoms with Gasteiger partial charge in [0, 0.05) is 30.2 Å². The SMILES string of the molecule is CCc1cc(C#N)cc2c(NCc3ccc(OC)c(Cl)c3)c(COC[C@@H]3CCCN3C(=O)O)cnc12. The summed E-state index contributed by atoms with van der Waals surface area (Å²) in [5, 5.41) is 23.9. The number of rotatable bonds is 9. The molecule has 9 heteroatoms. The number of nitriles is 1. The van der Waals surface area contributed by atoms with E-state index in [9.17, 15) is 15.2 Å². The number of carbonyl (C=O) groups is 1. The molecule has 0 unspecified atom stereocenters. The number of pyridine rings is 1. The van der Waals surface area contributed by atoms with Gasteiger partial charge in [-0.15, -0.1) is 0 Å². The first kappa shape index (κ1) is 25.5. The van der Waals surface area contributed by atoms with Crippen molar-refractivity contribution in [3.8, 4) is 11.8 Å². The molecule has 36 heavy (non-hydrogen) atoms. The maximum Gasteiger partial charge on any atom is 0.407 e. The number of benzene rings is 2. The van der Waals surface area contributed by atoms with Gasteiger partial charge in [0.15, 0.2) is 0 Å². The smallest absolute Gasteiger partial charge is 0.407 e. The number of aromatic nitrogens is 1. The largest absolute Gasteiger partial charge is 0.495 e. The van der Waals surface area contributed by atoms with Crippen LogP contribution in [0.25, 0.3) is 10.9 Å². The third-order valence-electron chi connectivity index (χ3n) is 6.51. The third-order valence-corrected chi connectivity index (χ3v) is 6.81. The van der Waals surface area contributed by atoms with E-state index in [1.54, 1.807) is 13.3 Å². The molecule has 0 aliphatic carbocycles. The van der Waals surface area contributed by atoms with Crippen LogP contribution in [0.5, 0.6) is 5.75 Å². The second kappa shape index (κ2) is 11.5. The maximum absolute atomic E-state index is 11.5. The molecule has 8 nitrogen and oxygen atoms in total. The van der Waals surface area contributed by atoms with E-state index in [0.29, 0.717) is 36.0 Å². The summed E-state index contributed by atoms with van der Waals surface area (Å²) in [6.45, 7) is 3.64. The number of methoxy groups -OCH3 is 1. The average Bonchev–Trinajstić information content (AvgIpc) is 3.36. The summed E-state index contributed by atoms with van der Waals surface area (Å²) in [7, 11) is 1.58. The molecule has 1 aromatic heterocycles. The number of amides is 1. The summed E-state index contributed by atoms with van der Waals surface area (Å²) >= 11 is 6.32. The number of hydrogen-bond acceptors (Lipinski definition) is 6. The minimum Gasteiger partial charge on any atom is -0.495 e. The quantitative estimate of drug-likeness (QED) is 0.387. The van der Waals surface area contributed by atoms with Gasteiger partial charge >= 0.3 is 6.09 Å². The first-order valence-electron chi connectivity index (χ1n) is 11.9. The number of ether oxygens (including phenoxy) is 2. The molecular formula is C27H29ClN4O4. The van der Waals surface area contributed by atoms with Gasteiger partial charge in [-0.3, -0.25) is 4.98 Å². The van der Waals surface area contributed by atoms with Crippen molar-refractivity contribution in [3.05, 3.63) is 63.8 Å². The van der Waals surface area contributed by atoms with Crippen molar-refractivity contribution < 1.29 is 19.4 Å². The molecule has 1 saturated heterocycles. The maximum atomic E-state index is 11.5. The van der Waals surface area contributed by atoms with Gasteiger partial charge in [0.05, 0.1) is 54.2 Å². The molecule has 1 atom stereocenters. The van der Waals surface area contributed by atoms with Gasteiger partial charge in [-0.05, 0) is 54.7 Å². The van der Waals surface area contributed by atoms with E-state index in [4.69, 9.17) is 26.1 Å². The molecule has 2 N–H and O–H groups in total. The lowest BCUT2D eigenvalue weighted by Crippen LogP contribution is -2.37. The van der Waals surface area contributed by atoms with Crippen molar-refractivity contribution in [2.75, 3.05) is 25.6 Å². The predicted molar refractivity (Wildman–Crippen MR) is 139 cm³/mol. The zero-order valence-electron chi connectivity index (χ0n) is 20.4. The molecule has 0 spiro atoms. The molecule has 1 amide bonds. The number of aryl methyl sites for hydroxylation is 1. The summed E-state index contributed by atoms with van der Waals surface area (Å²) in [5.41, 5.74) is 5.03. The Morgan fingerprint density at radius 3 is 2.86 bits per heavy atom. The number of likely N-dealkylation sites (tertiary alicyclic amines) is 1. The lowest BCUT2D eigenvalue weighted by atomic mass is 10.0. The van der Waals surface area contributed by atoms with Crippen LogP contribution < -0.4 is 10.1 Å². The van der Waals surface area contributed by atoms with E-state index in [-0.39, 0.29) is 12.6 Å². The Morgan fingerprint density at radius 2 is 2.17 bits per heavy atom. The summed E-state index contributed by atoms with van der Waals surface area (Å²) in [6, 6.07) is 11.4. The molecule has 2 aromatic carbocycles. The minimum absolute atomic E-state index is 0.148. The fourth-order valence-electron chi connectivity index (χ4n) is 4.65. The average molecular weight is 509 g/mol. The highest BCUT2D eigenvalue weighted by Crippen LogP contribution is 2.32. The zero-order valence-corrected chi connectivity index (χ0v) is 21.1. The highest BCUT2D eigenvalue weighted by atomic mass is 35.5. The number of nitrogens with zero attached hydrogens (tertiary/aromatic N) is 3. The molecule has 1 fully saturated rings. The van der Waals surface area contributed by atoms with Crippen molar-refractivity contribution in [1.29, 1.82) is 5.26 Å². The summed E-state index contributed by atoms with van der Waals surface area (Å²) in [4.78, 5) is 17.6. The number of anilines is 1. The van der Waals surface area contributed by atoms with E-state index < -0.39 is 6.09 Å². The number of nitrogens with one attached hydrogen (secondary N) is 1. The first-order valence-corrected chi connectivity index (χ1v) is 12.3. The van der Waals surface area contributed by atoms with Gasteiger partial charge in [0.2, 0.25) is 0 Å². The van der Waals surface area contributed by atoms with Crippen LogP contribution in [0.15, 0.2) is 36.5 Å². The lowest BCUT2D eigenvalue weighted by molar-refractivity contribution is 0.0645. The van der Waals surface area contributed by atoms with E-state index in [1.165, 1.54) is 4.90 Å². The Hall–Kier alpha value is -3.54. The molecule has 188 valence electrons. The van der Waals surface area contributed by atoms with Gasteiger partial charge in [-0.1, -0.05) is 24.6 Å². The van der Waals surface area contributed by atoms with Crippen LogP contribution in [0.1, 0.15) is 42.0 Å². The molecule has 0 saturated carbocycles. The summed E-state index contributed by atoms with van der Waals surface area (Å²) < 4.78 is 11.3. The standard InChI is InChI=1S/C27H29ClN4O4/c1-3-19-9-18(12-29)10-22-25(19)31-14-20(15-36-16-21-5-4-8-32(21)27(33)34)26(22)30-13-17-6-7-24(35-2)23(28)11-17/h6-7,9-11,14,21H,3-5,8,13,15-16H2,1-2H3,(H,30,31)(H,33,34)/t21-/m0/s1. The molecule has 1 aliphatic rings. The normalized spacial score (nSPS) is 15.2. The fourth-order valence-corrected chi connectivity index (χ4v) is 4.93. The van der Waals surface area contributed by atoms with Crippen molar-refractivity contribution in [3.63, 3.8) is 0 Å². The Kier molecular flexibility index (Phi) is 8.14.